The SMILES string of the molecule is N=CN1CCN(c2cc3c(cc2F)c(=O)c(C(=O)O)cn3-c2ccc(F)cc2)CC1. The van der Waals surface area contributed by atoms with Gasteiger partial charge in [0, 0.05) is 43.4 Å². The molecule has 7 nitrogen and oxygen atoms in total. The Kier molecular flexibility index (Phi) is 4.94. The first-order valence-electron chi connectivity index (χ1n) is 9.27. The van der Waals surface area contributed by atoms with Crippen LogP contribution >= 0.6 is 0 Å². The molecule has 30 heavy (non-hydrogen) atoms. The fourth-order valence-corrected chi connectivity index (χ4v) is 3.64. The number of benzene rings is 2. The summed E-state index contributed by atoms with van der Waals surface area (Å²) in [6, 6.07) is 7.93. The van der Waals surface area contributed by atoms with Crippen LogP contribution in [-0.2, 0) is 0 Å². The smallest absolute Gasteiger partial charge is 0.341 e. The number of carboxylic acid groups (broad SMARTS) is 1. The lowest BCUT2D eigenvalue weighted by molar-refractivity contribution is 0.0695. The van der Waals surface area contributed by atoms with Crippen molar-refractivity contribution in [2.45, 2.75) is 0 Å². The number of fused-ring (bicyclic) bond motifs is 1. The Morgan fingerprint density at radius 1 is 1.07 bits per heavy atom. The topological polar surface area (TPSA) is 89.6 Å². The Bertz CT molecular complexity index is 1200. The van der Waals surface area contributed by atoms with E-state index in [1.165, 1.54) is 47.4 Å². The Hall–Kier alpha value is -3.75. The number of aromatic carboxylic acids is 1. The highest BCUT2D eigenvalue weighted by atomic mass is 19.1. The highest BCUT2D eigenvalue weighted by molar-refractivity contribution is 5.94. The number of carboxylic acids is 1. The van der Waals surface area contributed by atoms with Crippen molar-refractivity contribution in [3.63, 3.8) is 0 Å². The third-order valence-electron chi connectivity index (χ3n) is 5.24. The summed E-state index contributed by atoms with van der Waals surface area (Å²) in [7, 11) is 0. The normalized spacial score (nSPS) is 14.2. The second-order valence-electron chi connectivity index (χ2n) is 7.00. The van der Waals surface area contributed by atoms with Gasteiger partial charge in [-0.05, 0) is 36.4 Å². The third-order valence-corrected chi connectivity index (χ3v) is 5.24. The molecular formula is C21H18F2N4O3. The molecule has 0 bridgehead atoms. The van der Waals surface area contributed by atoms with E-state index in [4.69, 9.17) is 5.41 Å². The number of anilines is 1. The van der Waals surface area contributed by atoms with Gasteiger partial charge in [0.1, 0.15) is 17.2 Å². The number of hydrogen-bond donors (Lipinski definition) is 2. The molecule has 1 fully saturated rings. The first-order valence-corrected chi connectivity index (χ1v) is 9.27. The van der Waals surface area contributed by atoms with Crippen LogP contribution in [0.3, 0.4) is 0 Å². The van der Waals surface area contributed by atoms with Crippen molar-refractivity contribution >= 4 is 28.9 Å². The van der Waals surface area contributed by atoms with Crippen LogP contribution in [0.1, 0.15) is 10.4 Å². The van der Waals surface area contributed by atoms with E-state index in [9.17, 15) is 23.5 Å². The fraction of sp³-hybridized carbons (Fsp3) is 0.190. The molecule has 1 aliphatic heterocycles. The minimum absolute atomic E-state index is 0.0707. The van der Waals surface area contributed by atoms with Crippen LogP contribution in [-0.4, -0.2) is 53.1 Å². The van der Waals surface area contributed by atoms with E-state index in [0.717, 1.165) is 6.07 Å². The molecule has 2 heterocycles. The molecular weight excluding hydrogens is 394 g/mol. The molecule has 0 unspecified atom stereocenters. The van der Waals surface area contributed by atoms with Gasteiger partial charge in [-0.25, -0.2) is 13.6 Å². The summed E-state index contributed by atoms with van der Waals surface area (Å²) in [6.45, 7) is 2.10. The second-order valence-corrected chi connectivity index (χ2v) is 7.00. The van der Waals surface area contributed by atoms with Gasteiger partial charge >= 0.3 is 5.97 Å². The molecule has 1 saturated heterocycles. The number of nitrogens with one attached hydrogen (secondary N) is 1. The van der Waals surface area contributed by atoms with Gasteiger partial charge in [0.25, 0.3) is 0 Å². The van der Waals surface area contributed by atoms with Crippen molar-refractivity contribution in [3.05, 3.63) is 70.0 Å². The van der Waals surface area contributed by atoms with Gasteiger partial charge in [-0.1, -0.05) is 0 Å². The lowest BCUT2D eigenvalue weighted by Gasteiger charge is -2.35. The van der Waals surface area contributed by atoms with Gasteiger partial charge in [-0.15, -0.1) is 0 Å². The second kappa shape index (κ2) is 7.58. The lowest BCUT2D eigenvalue weighted by Crippen LogP contribution is -2.45. The first-order chi connectivity index (χ1) is 14.4. The van der Waals surface area contributed by atoms with Crippen molar-refractivity contribution < 1.29 is 18.7 Å². The highest BCUT2D eigenvalue weighted by Crippen LogP contribution is 2.28. The molecule has 2 N–H and O–H groups in total. The molecule has 1 aromatic heterocycles. The molecule has 9 heteroatoms. The van der Waals surface area contributed by atoms with Crippen LogP contribution in [0.4, 0.5) is 14.5 Å². The van der Waals surface area contributed by atoms with Crippen LogP contribution in [0, 0.1) is 17.0 Å². The zero-order valence-electron chi connectivity index (χ0n) is 15.8. The molecule has 0 radical (unpaired) electrons. The van der Waals surface area contributed by atoms with Gasteiger partial charge in [0.15, 0.2) is 0 Å². The van der Waals surface area contributed by atoms with Crippen molar-refractivity contribution in [1.82, 2.24) is 9.47 Å². The number of piperazine rings is 1. The highest BCUT2D eigenvalue weighted by Gasteiger charge is 2.22. The lowest BCUT2D eigenvalue weighted by atomic mass is 10.1. The maximum absolute atomic E-state index is 14.9. The zero-order valence-corrected chi connectivity index (χ0v) is 15.8. The monoisotopic (exact) mass is 412 g/mol. The summed E-state index contributed by atoms with van der Waals surface area (Å²) in [4.78, 5) is 27.9. The molecule has 154 valence electrons. The van der Waals surface area contributed by atoms with Crippen LogP contribution in [0.25, 0.3) is 16.6 Å². The summed E-state index contributed by atoms with van der Waals surface area (Å²) in [5.41, 5.74) is -0.239. The maximum atomic E-state index is 14.9. The van der Waals surface area contributed by atoms with Gasteiger partial charge in [0.2, 0.25) is 5.43 Å². The van der Waals surface area contributed by atoms with Crippen LogP contribution < -0.4 is 10.3 Å². The predicted octanol–water partition coefficient (Wildman–Crippen LogP) is 2.70. The number of pyridine rings is 1. The molecule has 0 aliphatic carbocycles. The molecule has 0 saturated carbocycles. The van der Waals surface area contributed by atoms with E-state index in [0.29, 0.717) is 37.4 Å². The van der Waals surface area contributed by atoms with Crippen molar-refractivity contribution in [1.29, 1.82) is 5.41 Å². The van der Waals surface area contributed by atoms with E-state index in [1.54, 1.807) is 0 Å². The van der Waals surface area contributed by atoms with Crippen molar-refractivity contribution in [2.24, 2.45) is 0 Å². The van der Waals surface area contributed by atoms with Crippen molar-refractivity contribution in [3.8, 4) is 5.69 Å². The van der Waals surface area contributed by atoms with Crippen molar-refractivity contribution in [2.75, 3.05) is 31.1 Å². The van der Waals surface area contributed by atoms with Crippen LogP contribution in [0.2, 0.25) is 0 Å². The Morgan fingerprint density at radius 3 is 2.33 bits per heavy atom. The zero-order chi connectivity index (χ0) is 21.4. The summed E-state index contributed by atoms with van der Waals surface area (Å²) in [5.74, 6) is -2.51. The molecule has 3 aromatic rings. The summed E-state index contributed by atoms with van der Waals surface area (Å²) < 4.78 is 29.8. The van der Waals surface area contributed by atoms with E-state index in [-0.39, 0.29) is 11.1 Å². The average molecular weight is 412 g/mol. The first kappa shape index (κ1) is 19.6. The summed E-state index contributed by atoms with van der Waals surface area (Å²) >= 11 is 0. The Balaban J connectivity index is 1.93. The largest absolute Gasteiger partial charge is 0.477 e. The van der Waals surface area contributed by atoms with Crippen LogP contribution in [0.15, 0.2) is 47.4 Å². The van der Waals surface area contributed by atoms with E-state index in [2.05, 4.69) is 0 Å². The van der Waals surface area contributed by atoms with Gasteiger partial charge < -0.3 is 19.5 Å². The van der Waals surface area contributed by atoms with Gasteiger partial charge in [-0.3, -0.25) is 10.2 Å². The number of nitrogens with zero attached hydrogens (tertiary/aromatic N) is 3. The number of hydrogen-bond acceptors (Lipinski definition) is 4. The standard InChI is InChI=1S/C21H18F2N4O3/c22-13-1-3-14(4-2-13)27-11-16(21(29)30)20(28)15-9-17(23)19(10-18(15)27)26-7-5-25(12-24)6-8-26/h1-4,9-12,24H,5-8H2,(H,29,30). The molecule has 4 rings (SSSR count). The van der Waals surface area contributed by atoms with E-state index in [1.807, 2.05) is 9.80 Å². The van der Waals surface area contributed by atoms with Crippen LogP contribution in [0.5, 0.6) is 0 Å². The van der Waals surface area contributed by atoms with E-state index >= 15 is 0 Å². The molecule has 0 atom stereocenters. The molecule has 0 amide bonds. The predicted molar refractivity (Wildman–Crippen MR) is 109 cm³/mol. The minimum Gasteiger partial charge on any atom is -0.477 e. The number of halogens is 2. The third kappa shape index (κ3) is 3.38. The van der Waals surface area contributed by atoms with Gasteiger partial charge in [-0.2, -0.15) is 0 Å². The quantitative estimate of drug-likeness (QED) is 0.508. The van der Waals surface area contributed by atoms with Gasteiger partial charge in [0.05, 0.1) is 17.5 Å². The Morgan fingerprint density at radius 2 is 1.73 bits per heavy atom. The Labute approximate surface area is 169 Å². The summed E-state index contributed by atoms with van der Waals surface area (Å²) in [6.07, 6.45) is 2.42. The molecule has 1 aliphatic rings. The summed E-state index contributed by atoms with van der Waals surface area (Å²) in [5, 5.41) is 16.7. The fourth-order valence-electron chi connectivity index (χ4n) is 3.64. The average Bonchev–Trinajstić information content (AvgIpc) is 2.74. The number of rotatable bonds is 4. The molecule has 2 aromatic carbocycles. The van der Waals surface area contributed by atoms with E-state index < -0.39 is 28.6 Å². The minimum atomic E-state index is -1.43. The number of aromatic nitrogens is 1. The molecule has 0 spiro atoms. The number of carbonyl (C=O) groups is 1. The maximum Gasteiger partial charge on any atom is 0.341 e.